The van der Waals surface area contributed by atoms with Crippen LogP contribution >= 0.6 is 11.3 Å². The Bertz CT molecular complexity index is 1030. The van der Waals surface area contributed by atoms with Gasteiger partial charge in [-0.05, 0) is 44.9 Å². The molecule has 31 heavy (non-hydrogen) atoms. The van der Waals surface area contributed by atoms with Crippen molar-refractivity contribution in [2.75, 3.05) is 31.6 Å². The molecule has 1 aromatic carbocycles. The largest absolute Gasteiger partial charge is 0.423 e. The number of hydrogen-bond acceptors (Lipinski definition) is 7. The summed E-state index contributed by atoms with van der Waals surface area (Å²) in [5, 5.41) is 5.76. The maximum Gasteiger partial charge on any atom is 0.418 e. The zero-order chi connectivity index (χ0) is 22.2. The van der Waals surface area contributed by atoms with Crippen LogP contribution in [-0.2, 0) is 10.9 Å². The van der Waals surface area contributed by atoms with E-state index in [0.717, 1.165) is 19.4 Å². The number of benzene rings is 1. The molecule has 0 amide bonds. The van der Waals surface area contributed by atoms with E-state index in [0.29, 0.717) is 23.7 Å². The van der Waals surface area contributed by atoms with Gasteiger partial charge in [-0.25, -0.2) is 4.98 Å². The predicted octanol–water partition coefficient (Wildman–Crippen LogP) is 5.26. The Labute approximate surface area is 182 Å². The molecule has 1 aliphatic rings. The highest BCUT2D eigenvalue weighted by Crippen LogP contribution is 2.45. The number of alkyl halides is 3. The number of oxazole rings is 1. The Morgan fingerprint density at radius 2 is 2.23 bits per heavy atom. The van der Waals surface area contributed by atoms with Gasteiger partial charge in [0.05, 0.1) is 17.2 Å². The van der Waals surface area contributed by atoms with Gasteiger partial charge in [0.25, 0.3) is 6.01 Å². The minimum atomic E-state index is -4.61. The highest BCUT2D eigenvalue weighted by atomic mass is 32.1. The number of hydrogen-bond donors (Lipinski definition) is 1. The fourth-order valence-electron chi connectivity index (χ4n) is 4.01. The third kappa shape index (κ3) is 4.28. The summed E-state index contributed by atoms with van der Waals surface area (Å²) in [7, 11) is 1.39. The van der Waals surface area contributed by atoms with Gasteiger partial charge in [-0.3, -0.25) is 0 Å². The third-order valence-electron chi connectivity index (χ3n) is 5.68. The molecule has 3 aromatic rings. The summed E-state index contributed by atoms with van der Waals surface area (Å²) >= 11 is 1.34. The van der Waals surface area contributed by atoms with E-state index in [4.69, 9.17) is 9.15 Å². The first kappa shape index (κ1) is 22.0. The van der Waals surface area contributed by atoms with Gasteiger partial charge < -0.3 is 19.4 Å². The number of nitrogens with zero attached hydrogens (tertiary/aromatic N) is 3. The molecule has 0 radical (unpaired) electrons. The average Bonchev–Trinajstić information content (AvgIpc) is 3.50. The maximum atomic E-state index is 14.2. The van der Waals surface area contributed by atoms with Crippen molar-refractivity contribution in [3.63, 3.8) is 0 Å². The fraction of sp³-hybridized carbons (Fsp3) is 0.524. The Morgan fingerprint density at radius 1 is 1.42 bits per heavy atom. The van der Waals surface area contributed by atoms with Crippen LogP contribution in [0.25, 0.3) is 21.7 Å². The van der Waals surface area contributed by atoms with Gasteiger partial charge >= 0.3 is 6.18 Å². The Balaban J connectivity index is 1.92. The van der Waals surface area contributed by atoms with Crippen LogP contribution in [0.3, 0.4) is 0 Å². The number of likely N-dealkylation sites (N-methyl/N-ethyl adjacent to an activating group) is 1. The molecular formula is C21H25F3N4O2S. The molecule has 0 spiro atoms. The lowest BCUT2D eigenvalue weighted by molar-refractivity contribution is -0.138. The van der Waals surface area contributed by atoms with E-state index < -0.39 is 17.8 Å². The summed E-state index contributed by atoms with van der Waals surface area (Å²) in [5.74, 6) is 0. The van der Waals surface area contributed by atoms with Crippen molar-refractivity contribution in [1.29, 1.82) is 0 Å². The number of aromatic nitrogens is 2. The predicted molar refractivity (Wildman–Crippen MR) is 114 cm³/mol. The summed E-state index contributed by atoms with van der Waals surface area (Å²) in [6, 6.07) is 1.93. The van der Waals surface area contributed by atoms with E-state index in [1.165, 1.54) is 24.5 Å². The van der Waals surface area contributed by atoms with Crippen LogP contribution in [0.1, 0.15) is 43.9 Å². The van der Waals surface area contributed by atoms with E-state index in [1.54, 1.807) is 18.5 Å². The lowest BCUT2D eigenvalue weighted by Gasteiger charge is -2.22. The molecule has 0 bridgehead atoms. The van der Waals surface area contributed by atoms with Crippen molar-refractivity contribution in [3.8, 4) is 10.6 Å². The van der Waals surface area contributed by atoms with Crippen molar-refractivity contribution >= 4 is 28.5 Å². The second-order valence-corrected chi connectivity index (χ2v) is 8.50. The molecule has 0 saturated carbocycles. The average molecular weight is 455 g/mol. The quantitative estimate of drug-likeness (QED) is 0.526. The molecule has 1 fully saturated rings. The molecule has 2 atom stereocenters. The summed E-state index contributed by atoms with van der Waals surface area (Å²) < 4.78 is 53.9. The highest BCUT2D eigenvalue weighted by Gasteiger charge is 2.40. The first-order valence-corrected chi connectivity index (χ1v) is 11.2. The van der Waals surface area contributed by atoms with Crippen molar-refractivity contribution in [1.82, 2.24) is 15.3 Å². The van der Waals surface area contributed by atoms with Crippen LogP contribution in [-0.4, -0.2) is 42.8 Å². The Kier molecular flexibility index (Phi) is 6.23. The molecular weight excluding hydrogens is 429 g/mol. The molecule has 3 heterocycles. The van der Waals surface area contributed by atoms with Crippen LogP contribution in [0.5, 0.6) is 0 Å². The molecule has 1 N–H and O–H groups in total. The van der Waals surface area contributed by atoms with Gasteiger partial charge in [-0.15, -0.1) is 11.3 Å². The van der Waals surface area contributed by atoms with Crippen molar-refractivity contribution in [2.45, 2.75) is 45.0 Å². The summed E-state index contributed by atoms with van der Waals surface area (Å²) in [4.78, 5) is 10.6. The van der Waals surface area contributed by atoms with E-state index in [-0.39, 0.29) is 28.7 Å². The van der Waals surface area contributed by atoms with Crippen molar-refractivity contribution in [2.24, 2.45) is 0 Å². The number of methoxy groups -OCH3 is 1. The number of anilines is 1. The number of thiazole rings is 1. The third-order valence-corrected chi connectivity index (χ3v) is 6.49. The van der Waals surface area contributed by atoms with Gasteiger partial charge in [-0.1, -0.05) is 0 Å². The summed E-state index contributed by atoms with van der Waals surface area (Å²) in [5.41, 5.74) is -0.407. The van der Waals surface area contributed by atoms with Crippen LogP contribution in [0.15, 0.2) is 22.1 Å². The fourth-order valence-corrected chi connectivity index (χ4v) is 4.66. The van der Waals surface area contributed by atoms with E-state index in [2.05, 4.69) is 15.3 Å². The van der Waals surface area contributed by atoms with Crippen LogP contribution in [0.4, 0.5) is 19.2 Å². The normalized spacial score (nSPS) is 18.1. The number of ether oxygens (including phenoxy) is 1. The minimum Gasteiger partial charge on any atom is -0.423 e. The molecule has 1 aliphatic heterocycles. The maximum absolute atomic E-state index is 14.2. The van der Waals surface area contributed by atoms with Crippen molar-refractivity contribution in [3.05, 3.63) is 28.8 Å². The molecule has 6 nitrogen and oxygen atoms in total. The van der Waals surface area contributed by atoms with Gasteiger partial charge in [0.1, 0.15) is 10.5 Å². The minimum absolute atomic E-state index is 0.0214. The molecule has 4 rings (SSSR count). The van der Waals surface area contributed by atoms with E-state index in [1.807, 2.05) is 11.8 Å². The Hall–Kier alpha value is -2.17. The first-order valence-electron chi connectivity index (χ1n) is 10.3. The standard InChI is InChI=1S/C21H25F3N4O2S/c1-4-28(11-13-6-5-7-25-13)20-27-17-16(21(22,23)24)14(12(2)29-3)10-15(18(17)30-20)19-26-8-9-31-19/h8-10,12-13,25H,4-7,11H2,1-3H3. The van der Waals surface area contributed by atoms with E-state index in [9.17, 15) is 13.2 Å². The highest BCUT2D eigenvalue weighted by molar-refractivity contribution is 7.13. The van der Waals surface area contributed by atoms with Gasteiger partial charge in [-0.2, -0.15) is 18.2 Å². The number of nitrogens with one attached hydrogen (secondary N) is 1. The van der Waals surface area contributed by atoms with Gasteiger partial charge in [0.2, 0.25) is 0 Å². The SMILES string of the molecule is CCN(CC1CCCN1)c1nc2c(C(F)(F)F)c(C(C)OC)cc(-c3nccs3)c2o1. The Morgan fingerprint density at radius 3 is 2.81 bits per heavy atom. The molecule has 10 heteroatoms. The summed E-state index contributed by atoms with van der Waals surface area (Å²) in [6.07, 6.45) is -1.67. The van der Waals surface area contributed by atoms with Crippen molar-refractivity contribution < 1.29 is 22.3 Å². The molecule has 2 unspecified atom stereocenters. The molecule has 168 valence electrons. The second kappa shape index (κ2) is 8.76. The zero-order valence-electron chi connectivity index (χ0n) is 17.6. The summed E-state index contributed by atoms with van der Waals surface area (Å²) in [6.45, 7) is 5.67. The lowest BCUT2D eigenvalue weighted by atomic mass is 9.97. The molecule has 0 aliphatic carbocycles. The molecule has 2 aromatic heterocycles. The van der Waals surface area contributed by atoms with Crippen LogP contribution in [0.2, 0.25) is 0 Å². The van der Waals surface area contributed by atoms with Crippen LogP contribution < -0.4 is 10.2 Å². The number of fused-ring (bicyclic) bond motifs is 1. The first-order chi connectivity index (χ1) is 14.8. The number of halogens is 3. The smallest absolute Gasteiger partial charge is 0.418 e. The monoisotopic (exact) mass is 454 g/mol. The topological polar surface area (TPSA) is 63.4 Å². The van der Waals surface area contributed by atoms with Gasteiger partial charge in [0.15, 0.2) is 5.58 Å². The number of rotatable bonds is 7. The van der Waals surface area contributed by atoms with E-state index >= 15 is 0 Å². The second-order valence-electron chi connectivity index (χ2n) is 7.61. The molecule has 1 saturated heterocycles. The van der Waals surface area contributed by atoms with Gasteiger partial charge in [0, 0.05) is 37.8 Å². The van der Waals surface area contributed by atoms with Crippen LogP contribution in [0, 0.1) is 0 Å². The lowest BCUT2D eigenvalue weighted by Crippen LogP contribution is -2.37. The zero-order valence-corrected chi connectivity index (χ0v) is 18.4.